The van der Waals surface area contributed by atoms with E-state index in [1.54, 1.807) is 0 Å². The average molecular weight is 210 g/mol. The Hall–Kier alpha value is -0.730. The molecule has 15 heavy (non-hydrogen) atoms. The Morgan fingerprint density at radius 1 is 1.13 bits per heavy atom. The molecule has 0 radical (unpaired) electrons. The van der Waals surface area contributed by atoms with E-state index in [0.717, 1.165) is 17.8 Å². The van der Waals surface area contributed by atoms with Gasteiger partial charge in [0.1, 0.15) is 6.61 Å². The summed E-state index contributed by atoms with van der Waals surface area (Å²) in [7, 11) is 0. The first-order valence-corrected chi connectivity index (χ1v) is 6.01. The first-order valence-electron chi connectivity index (χ1n) is 6.01. The molecule has 0 heterocycles. The Labute approximate surface area is 89.8 Å². The molecule has 0 aromatic heterocycles. The molecule has 4 rings (SSSR count). The highest BCUT2D eigenvalue weighted by Crippen LogP contribution is 2.59. The molecule has 0 saturated heterocycles. The predicted molar refractivity (Wildman–Crippen MR) is 54.6 cm³/mol. The molecule has 0 aromatic carbocycles. The quantitative estimate of drug-likeness (QED) is 0.713. The Morgan fingerprint density at radius 3 is 2.00 bits per heavy atom. The summed E-state index contributed by atoms with van der Waals surface area (Å²) in [5.74, 6) is 2.61. The molecule has 0 aromatic rings. The summed E-state index contributed by atoms with van der Waals surface area (Å²) in [5, 5.41) is 8.59. The minimum atomic E-state index is -1.11. The highest BCUT2D eigenvalue weighted by molar-refractivity contribution is 5.56. The van der Waals surface area contributed by atoms with Gasteiger partial charge in [-0.3, -0.25) is 0 Å². The third-order valence-electron chi connectivity index (χ3n) is 4.67. The van der Waals surface area contributed by atoms with Crippen molar-refractivity contribution in [2.24, 2.45) is 23.2 Å². The largest absolute Gasteiger partial charge is 0.505 e. The number of hydrogen-bond acceptors (Lipinski definition) is 2. The molecule has 0 amide bonds. The van der Waals surface area contributed by atoms with Crippen LogP contribution in [-0.2, 0) is 4.74 Å². The second-order valence-corrected chi connectivity index (χ2v) is 5.97. The molecule has 4 aliphatic carbocycles. The Bertz CT molecular complexity index is 249. The van der Waals surface area contributed by atoms with Crippen molar-refractivity contribution in [2.75, 3.05) is 6.61 Å². The van der Waals surface area contributed by atoms with Crippen LogP contribution in [0, 0.1) is 23.2 Å². The molecule has 4 bridgehead atoms. The van der Waals surface area contributed by atoms with Crippen LogP contribution in [0.5, 0.6) is 0 Å². The molecule has 0 aliphatic heterocycles. The van der Waals surface area contributed by atoms with Crippen molar-refractivity contribution < 1.29 is 14.6 Å². The molecule has 1 N–H and O–H groups in total. The zero-order valence-electron chi connectivity index (χ0n) is 8.95. The summed E-state index contributed by atoms with van der Waals surface area (Å²) in [5.41, 5.74) is 0.229. The zero-order valence-corrected chi connectivity index (χ0v) is 8.95. The maximum Gasteiger partial charge on any atom is 0.505 e. The lowest BCUT2D eigenvalue weighted by Gasteiger charge is -2.56. The predicted octanol–water partition coefficient (Wildman–Crippen LogP) is 2.90. The minimum Gasteiger partial charge on any atom is -0.450 e. The highest BCUT2D eigenvalue weighted by atomic mass is 16.7. The number of hydrogen-bond donors (Lipinski definition) is 1. The summed E-state index contributed by atoms with van der Waals surface area (Å²) >= 11 is 0. The smallest absolute Gasteiger partial charge is 0.450 e. The van der Waals surface area contributed by atoms with Gasteiger partial charge in [0.15, 0.2) is 0 Å². The fourth-order valence-corrected chi connectivity index (χ4v) is 4.68. The van der Waals surface area contributed by atoms with Crippen molar-refractivity contribution in [2.45, 2.75) is 38.5 Å². The van der Waals surface area contributed by atoms with Gasteiger partial charge >= 0.3 is 6.16 Å². The molecule has 3 heteroatoms. The topological polar surface area (TPSA) is 46.5 Å². The third-order valence-corrected chi connectivity index (χ3v) is 4.67. The fourth-order valence-electron chi connectivity index (χ4n) is 4.68. The van der Waals surface area contributed by atoms with Gasteiger partial charge in [0.05, 0.1) is 0 Å². The summed E-state index contributed by atoms with van der Waals surface area (Å²) < 4.78 is 4.84. The highest BCUT2D eigenvalue weighted by Gasteiger charge is 2.51. The third kappa shape index (κ3) is 1.62. The first-order chi connectivity index (χ1) is 7.15. The lowest BCUT2D eigenvalue weighted by atomic mass is 9.50. The zero-order chi connectivity index (χ0) is 10.5. The number of ether oxygens (including phenoxy) is 1. The van der Waals surface area contributed by atoms with Gasteiger partial charge in [-0.2, -0.15) is 0 Å². The van der Waals surface area contributed by atoms with E-state index < -0.39 is 6.16 Å². The molecule has 0 unspecified atom stereocenters. The van der Waals surface area contributed by atoms with E-state index in [4.69, 9.17) is 9.84 Å². The van der Waals surface area contributed by atoms with Gasteiger partial charge in [-0.25, -0.2) is 4.79 Å². The van der Waals surface area contributed by atoms with E-state index in [1.165, 1.54) is 38.5 Å². The lowest BCUT2D eigenvalue weighted by molar-refractivity contribution is -0.0869. The van der Waals surface area contributed by atoms with Gasteiger partial charge in [-0.1, -0.05) is 0 Å². The van der Waals surface area contributed by atoms with Crippen LogP contribution in [0.15, 0.2) is 0 Å². The number of rotatable bonds is 2. The molecule has 4 saturated carbocycles. The monoisotopic (exact) mass is 210 g/mol. The van der Waals surface area contributed by atoms with Crippen LogP contribution in [0.4, 0.5) is 4.79 Å². The molecule has 84 valence electrons. The molecule has 0 spiro atoms. The van der Waals surface area contributed by atoms with Crippen LogP contribution < -0.4 is 0 Å². The fraction of sp³-hybridized carbons (Fsp3) is 0.917. The molecule has 3 nitrogen and oxygen atoms in total. The van der Waals surface area contributed by atoms with Crippen LogP contribution in [-0.4, -0.2) is 17.9 Å². The van der Waals surface area contributed by atoms with E-state index >= 15 is 0 Å². The van der Waals surface area contributed by atoms with Crippen LogP contribution in [0.2, 0.25) is 0 Å². The second-order valence-electron chi connectivity index (χ2n) is 5.97. The van der Waals surface area contributed by atoms with E-state index in [0.29, 0.717) is 6.61 Å². The normalized spacial score (nSPS) is 46.8. The molecular formula is C12H18O3. The number of carboxylic acid groups (broad SMARTS) is 1. The van der Waals surface area contributed by atoms with Crippen molar-refractivity contribution in [1.82, 2.24) is 0 Å². The molecule has 4 aliphatic rings. The molecular weight excluding hydrogens is 192 g/mol. The Balaban J connectivity index is 1.72. The second kappa shape index (κ2) is 3.13. The van der Waals surface area contributed by atoms with Crippen LogP contribution in [0.3, 0.4) is 0 Å². The van der Waals surface area contributed by atoms with Gasteiger partial charge < -0.3 is 9.84 Å². The Morgan fingerprint density at radius 2 is 1.60 bits per heavy atom. The van der Waals surface area contributed by atoms with Gasteiger partial charge in [-0.15, -0.1) is 0 Å². The summed E-state index contributed by atoms with van der Waals surface area (Å²) in [6, 6.07) is 0. The Kier molecular flexibility index (Phi) is 1.98. The van der Waals surface area contributed by atoms with Gasteiger partial charge in [-0.05, 0) is 56.3 Å². The van der Waals surface area contributed by atoms with E-state index in [1.807, 2.05) is 0 Å². The molecule has 0 atom stereocenters. The standard InChI is InChI=1S/C12H18O3/c13-11(14)15-7-12-4-8-1-9(5-12)3-10(2-8)6-12/h8-10H,1-7H2,(H,13,14). The van der Waals surface area contributed by atoms with Gasteiger partial charge in [0, 0.05) is 5.41 Å². The number of carbonyl (C=O) groups is 1. The molecule has 4 fully saturated rings. The minimum absolute atomic E-state index is 0.229. The van der Waals surface area contributed by atoms with Crippen LogP contribution in [0.25, 0.3) is 0 Å². The summed E-state index contributed by atoms with van der Waals surface area (Å²) in [6.07, 6.45) is 6.72. The summed E-state index contributed by atoms with van der Waals surface area (Å²) in [6.45, 7) is 0.450. The van der Waals surface area contributed by atoms with Crippen LogP contribution >= 0.6 is 0 Å². The van der Waals surface area contributed by atoms with Crippen molar-refractivity contribution in [3.63, 3.8) is 0 Å². The van der Waals surface area contributed by atoms with Crippen molar-refractivity contribution in [3.8, 4) is 0 Å². The van der Waals surface area contributed by atoms with Crippen LogP contribution in [0.1, 0.15) is 38.5 Å². The van der Waals surface area contributed by atoms with E-state index in [2.05, 4.69) is 0 Å². The van der Waals surface area contributed by atoms with Crippen molar-refractivity contribution >= 4 is 6.16 Å². The van der Waals surface area contributed by atoms with E-state index in [-0.39, 0.29) is 5.41 Å². The van der Waals surface area contributed by atoms with Crippen molar-refractivity contribution in [1.29, 1.82) is 0 Å². The maximum atomic E-state index is 10.5. The SMILES string of the molecule is O=C(O)OCC12CC3CC(CC(C3)C1)C2. The first kappa shape index (κ1) is 9.49. The van der Waals surface area contributed by atoms with E-state index in [9.17, 15) is 4.79 Å². The summed E-state index contributed by atoms with van der Waals surface area (Å²) in [4.78, 5) is 10.5. The van der Waals surface area contributed by atoms with Gasteiger partial charge in [0.25, 0.3) is 0 Å². The lowest BCUT2D eigenvalue weighted by Crippen LogP contribution is -2.48. The average Bonchev–Trinajstić information content (AvgIpc) is 2.12. The maximum absolute atomic E-state index is 10.5. The van der Waals surface area contributed by atoms with Gasteiger partial charge in [0.2, 0.25) is 0 Å². The van der Waals surface area contributed by atoms with Crippen molar-refractivity contribution in [3.05, 3.63) is 0 Å².